The van der Waals surface area contributed by atoms with Crippen LogP contribution in [0.2, 0.25) is 0 Å². The van der Waals surface area contributed by atoms with Crippen molar-refractivity contribution in [3.63, 3.8) is 0 Å². The molecule has 1 nitrogen and oxygen atoms in total. The molecule has 5 aromatic carbocycles. The van der Waals surface area contributed by atoms with Gasteiger partial charge in [0.15, 0.2) is 0 Å². The summed E-state index contributed by atoms with van der Waals surface area (Å²) in [6.45, 7) is 11.6. The summed E-state index contributed by atoms with van der Waals surface area (Å²) in [7, 11) is 0. The molecule has 1 aliphatic heterocycles. The lowest BCUT2D eigenvalue weighted by atomic mass is 9.92. The maximum atomic E-state index is 4.37. The van der Waals surface area contributed by atoms with Gasteiger partial charge >= 0.3 is 0 Å². The lowest BCUT2D eigenvalue weighted by Gasteiger charge is -2.16. The highest BCUT2D eigenvalue weighted by molar-refractivity contribution is 5.83. The average Bonchev–Trinajstić information content (AvgIpc) is 3.13. The van der Waals surface area contributed by atoms with Crippen LogP contribution in [0.1, 0.15) is 52.8 Å². The lowest BCUT2D eigenvalue weighted by molar-refractivity contribution is 0.995. The molecule has 0 aromatic heterocycles. The molecule has 0 fully saturated rings. The Hall–Kier alpha value is -5.66. The Morgan fingerprint density at radius 1 is 0.729 bits per heavy atom. The van der Waals surface area contributed by atoms with Gasteiger partial charge in [-0.25, -0.2) is 0 Å². The first-order valence-electron chi connectivity index (χ1n) is 16.7. The summed E-state index contributed by atoms with van der Waals surface area (Å²) >= 11 is 0. The monoisotopic (exact) mass is 621 g/mol. The summed E-state index contributed by atoms with van der Waals surface area (Å²) in [5, 5.41) is 3.52. The second kappa shape index (κ2) is 15.3. The molecule has 0 radical (unpaired) electrons. The number of dihydropyridines is 1. The molecule has 48 heavy (non-hydrogen) atoms. The number of allylic oxidation sites excluding steroid dienone is 8. The van der Waals surface area contributed by atoms with E-state index in [0.29, 0.717) is 0 Å². The first kappa shape index (κ1) is 32.3. The highest BCUT2D eigenvalue weighted by Crippen LogP contribution is 2.32. The molecule has 0 saturated heterocycles. The first-order chi connectivity index (χ1) is 23.5. The van der Waals surface area contributed by atoms with E-state index in [9.17, 15) is 0 Å². The van der Waals surface area contributed by atoms with Crippen molar-refractivity contribution in [2.45, 2.75) is 27.2 Å². The van der Waals surface area contributed by atoms with Crippen LogP contribution in [0.15, 0.2) is 164 Å². The summed E-state index contributed by atoms with van der Waals surface area (Å²) in [6.07, 6.45) is 17.7. The molecule has 1 heteroatoms. The molecular weight excluding hydrogens is 579 g/mol. The minimum atomic E-state index is 0.830. The van der Waals surface area contributed by atoms with E-state index in [-0.39, 0.29) is 0 Å². The van der Waals surface area contributed by atoms with Crippen molar-refractivity contribution in [3.8, 4) is 22.3 Å². The predicted molar refractivity (Wildman–Crippen MR) is 209 cm³/mol. The van der Waals surface area contributed by atoms with Crippen LogP contribution in [0.25, 0.3) is 45.2 Å². The number of nitrogens with one attached hydrogen (secondary N) is 1. The molecule has 5 aromatic rings. The van der Waals surface area contributed by atoms with Crippen LogP contribution in [0.3, 0.4) is 0 Å². The molecule has 0 bridgehead atoms. The zero-order chi connectivity index (χ0) is 33.3. The molecule has 6 rings (SSSR count). The standard InChI is InChI=1S/C47H43N/c1-5-6-8-15-35(3)43-31-45(33-46(32-43)47-20-13-14-25-48-47)40-23-21-39(22-24-40)44-27-34(2)26-37(30-44)29-42-19-12-11-18-41(42)28-36(4)38-16-9-7-10-17-38/h5-24,26-28,30-33,48H,3,25,29H2,1-2,4H3/b6-5-,15-8-,36-28+. The third-order valence-electron chi connectivity index (χ3n) is 8.76. The van der Waals surface area contributed by atoms with Crippen molar-refractivity contribution in [2.24, 2.45) is 0 Å². The summed E-state index contributed by atoms with van der Waals surface area (Å²) < 4.78 is 0. The van der Waals surface area contributed by atoms with Crippen LogP contribution in [-0.2, 0) is 6.42 Å². The van der Waals surface area contributed by atoms with Crippen LogP contribution < -0.4 is 5.32 Å². The van der Waals surface area contributed by atoms with Gasteiger partial charge in [0.1, 0.15) is 0 Å². The molecule has 1 N–H and O–H groups in total. The summed E-state index contributed by atoms with van der Waals surface area (Å²) in [4.78, 5) is 0. The molecule has 236 valence electrons. The fraction of sp³-hybridized carbons (Fsp3) is 0.106. The quantitative estimate of drug-likeness (QED) is 0.121. The number of hydrogen-bond donors (Lipinski definition) is 1. The smallest absolute Gasteiger partial charge is 0.0416 e. The fourth-order valence-electron chi connectivity index (χ4n) is 6.23. The minimum absolute atomic E-state index is 0.830. The molecular formula is C47H43N. The Morgan fingerprint density at radius 2 is 1.44 bits per heavy atom. The third-order valence-corrected chi connectivity index (χ3v) is 8.76. The minimum Gasteiger partial charge on any atom is -0.381 e. The summed E-state index contributed by atoms with van der Waals surface area (Å²) in [6, 6.07) is 42.1. The highest BCUT2D eigenvalue weighted by Gasteiger charge is 2.11. The Balaban J connectivity index is 1.29. The van der Waals surface area contributed by atoms with Gasteiger partial charge in [0, 0.05) is 12.2 Å². The number of rotatable bonds is 10. The van der Waals surface area contributed by atoms with Gasteiger partial charge in [-0.1, -0.05) is 152 Å². The van der Waals surface area contributed by atoms with Crippen molar-refractivity contribution in [3.05, 3.63) is 203 Å². The number of benzene rings is 5. The van der Waals surface area contributed by atoms with E-state index in [2.05, 4.69) is 171 Å². The molecule has 1 aliphatic rings. The van der Waals surface area contributed by atoms with Crippen LogP contribution in [0, 0.1) is 6.92 Å². The number of aryl methyl sites for hydroxylation is 1. The fourth-order valence-corrected chi connectivity index (χ4v) is 6.23. The largest absolute Gasteiger partial charge is 0.381 e. The molecule has 0 unspecified atom stereocenters. The predicted octanol–water partition coefficient (Wildman–Crippen LogP) is 12.1. The maximum Gasteiger partial charge on any atom is 0.0416 e. The van der Waals surface area contributed by atoms with Crippen LogP contribution in [0.5, 0.6) is 0 Å². The van der Waals surface area contributed by atoms with E-state index in [1.807, 2.05) is 25.2 Å². The summed E-state index contributed by atoms with van der Waals surface area (Å²) in [5.74, 6) is 0. The van der Waals surface area contributed by atoms with Gasteiger partial charge in [-0.05, 0) is 118 Å². The van der Waals surface area contributed by atoms with Crippen molar-refractivity contribution >= 4 is 22.9 Å². The lowest BCUT2D eigenvalue weighted by Crippen LogP contribution is -2.14. The topological polar surface area (TPSA) is 12.0 Å². The Kier molecular flexibility index (Phi) is 10.3. The van der Waals surface area contributed by atoms with Gasteiger partial charge in [-0.2, -0.15) is 0 Å². The van der Waals surface area contributed by atoms with Gasteiger partial charge < -0.3 is 5.32 Å². The maximum absolute atomic E-state index is 4.37. The van der Waals surface area contributed by atoms with Gasteiger partial charge in [-0.3, -0.25) is 0 Å². The first-order valence-corrected chi connectivity index (χ1v) is 16.7. The van der Waals surface area contributed by atoms with Crippen LogP contribution in [0.4, 0.5) is 0 Å². The van der Waals surface area contributed by atoms with E-state index >= 15 is 0 Å². The van der Waals surface area contributed by atoms with Gasteiger partial charge in [-0.15, -0.1) is 0 Å². The van der Waals surface area contributed by atoms with E-state index < -0.39 is 0 Å². The molecule has 0 saturated carbocycles. The zero-order valence-corrected chi connectivity index (χ0v) is 28.2. The van der Waals surface area contributed by atoms with Crippen LogP contribution in [-0.4, -0.2) is 6.54 Å². The van der Waals surface area contributed by atoms with E-state index in [0.717, 1.165) is 35.4 Å². The van der Waals surface area contributed by atoms with Crippen molar-refractivity contribution in [1.82, 2.24) is 5.32 Å². The SMILES string of the molecule is C=C(/C=C\C=C/C)c1cc(C2=CC=CCN2)cc(-c2ccc(-c3cc(C)cc(Cc4ccccc4/C=C(\C)c4ccccc4)c3)cc2)c1. The molecule has 0 amide bonds. The Morgan fingerprint density at radius 3 is 2.17 bits per heavy atom. The summed E-state index contributed by atoms with van der Waals surface area (Å²) in [5.41, 5.74) is 16.9. The van der Waals surface area contributed by atoms with E-state index in [1.165, 1.54) is 55.6 Å². The Bertz CT molecular complexity index is 2060. The van der Waals surface area contributed by atoms with Gasteiger partial charge in [0.2, 0.25) is 0 Å². The molecule has 0 spiro atoms. The Labute approximate surface area is 286 Å². The second-order valence-electron chi connectivity index (χ2n) is 12.5. The van der Waals surface area contributed by atoms with Crippen LogP contribution >= 0.6 is 0 Å². The van der Waals surface area contributed by atoms with Gasteiger partial charge in [0.05, 0.1) is 0 Å². The zero-order valence-electron chi connectivity index (χ0n) is 28.2. The average molecular weight is 622 g/mol. The normalized spacial score (nSPS) is 13.1. The number of hydrogen-bond acceptors (Lipinski definition) is 1. The van der Waals surface area contributed by atoms with Gasteiger partial charge in [0.25, 0.3) is 0 Å². The van der Waals surface area contributed by atoms with Crippen molar-refractivity contribution in [2.75, 3.05) is 6.54 Å². The molecule has 0 aliphatic carbocycles. The van der Waals surface area contributed by atoms with E-state index in [1.54, 1.807) is 0 Å². The molecule has 0 atom stereocenters. The highest BCUT2D eigenvalue weighted by atomic mass is 14.9. The van der Waals surface area contributed by atoms with Crippen molar-refractivity contribution in [1.29, 1.82) is 0 Å². The van der Waals surface area contributed by atoms with E-state index in [4.69, 9.17) is 0 Å². The van der Waals surface area contributed by atoms with Crippen molar-refractivity contribution < 1.29 is 0 Å². The second-order valence-corrected chi connectivity index (χ2v) is 12.5. The molecule has 1 heterocycles. The third kappa shape index (κ3) is 8.00.